The Hall–Kier alpha value is -4.40. The lowest BCUT2D eigenvalue weighted by atomic mass is 10.1. The first-order valence-electron chi connectivity index (χ1n) is 12.4. The van der Waals surface area contributed by atoms with E-state index >= 15 is 0 Å². The Morgan fingerprint density at radius 1 is 0.947 bits per heavy atom. The second kappa shape index (κ2) is 12.7. The molecule has 0 spiro atoms. The minimum Gasteiger partial charge on any atom is -0.497 e. The minimum absolute atomic E-state index is 0.379. The van der Waals surface area contributed by atoms with Crippen LogP contribution in [0.3, 0.4) is 0 Å². The lowest BCUT2D eigenvalue weighted by molar-refractivity contribution is -0.145. The van der Waals surface area contributed by atoms with Gasteiger partial charge in [0.15, 0.2) is 11.7 Å². The zero-order chi connectivity index (χ0) is 26.9. The smallest absolute Gasteiger partial charge is 0.344 e. The number of nitrogens with zero attached hydrogens (tertiary/aromatic N) is 2. The van der Waals surface area contributed by atoms with Gasteiger partial charge in [-0.1, -0.05) is 19.1 Å². The quantitative estimate of drug-likeness (QED) is 0.240. The number of hydrogen-bond donors (Lipinski definition) is 1. The maximum absolute atomic E-state index is 11.4. The van der Waals surface area contributed by atoms with Crippen LogP contribution in [0, 0.1) is 0 Å². The van der Waals surface area contributed by atoms with Crippen molar-refractivity contribution >= 4 is 23.1 Å². The summed E-state index contributed by atoms with van der Waals surface area (Å²) in [7, 11) is 3.24. The van der Waals surface area contributed by atoms with Crippen LogP contribution >= 0.6 is 0 Å². The number of aromatic nitrogens is 1. The van der Waals surface area contributed by atoms with Crippen molar-refractivity contribution in [3.05, 3.63) is 72.3 Å². The maximum Gasteiger partial charge on any atom is 0.344 e. The lowest BCUT2D eigenvalue weighted by Gasteiger charge is -2.21. The van der Waals surface area contributed by atoms with Crippen molar-refractivity contribution in [3.63, 3.8) is 0 Å². The number of oxazole rings is 1. The largest absolute Gasteiger partial charge is 0.497 e. The predicted molar refractivity (Wildman–Crippen MR) is 144 cm³/mol. The molecule has 38 heavy (non-hydrogen) atoms. The van der Waals surface area contributed by atoms with E-state index in [0.717, 1.165) is 17.1 Å². The predicted octanol–water partition coefficient (Wildman–Crippen LogP) is 5.22. The van der Waals surface area contributed by atoms with Gasteiger partial charge in [0.1, 0.15) is 35.1 Å². The molecule has 4 aromatic rings. The summed E-state index contributed by atoms with van der Waals surface area (Å²) in [6.45, 7) is 3.32. The Labute approximate surface area is 221 Å². The number of carbonyl (C=O) groups is 1. The van der Waals surface area contributed by atoms with Crippen LogP contribution in [0.5, 0.6) is 23.0 Å². The molecule has 1 aromatic heterocycles. The van der Waals surface area contributed by atoms with Crippen molar-refractivity contribution < 1.29 is 33.3 Å². The Kier molecular flexibility index (Phi) is 8.92. The van der Waals surface area contributed by atoms with Gasteiger partial charge >= 0.3 is 5.97 Å². The number of ether oxygens (including phenoxy) is 4. The van der Waals surface area contributed by atoms with Crippen molar-refractivity contribution in [2.45, 2.75) is 25.9 Å². The lowest BCUT2D eigenvalue weighted by Crippen LogP contribution is -2.30. The molecule has 4 rings (SSSR count). The molecule has 0 fully saturated rings. The first kappa shape index (κ1) is 26.7. The molecule has 1 heterocycles. The Bertz CT molecular complexity index is 1340. The van der Waals surface area contributed by atoms with E-state index < -0.39 is 12.1 Å². The van der Waals surface area contributed by atoms with Gasteiger partial charge in [-0.05, 0) is 66.9 Å². The van der Waals surface area contributed by atoms with Crippen molar-refractivity contribution in [1.82, 2.24) is 4.98 Å². The van der Waals surface area contributed by atoms with E-state index in [2.05, 4.69) is 4.98 Å². The summed E-state index contributed by atoms with van der Waals surface area (Å²) < 4.78 is 28.2. The Morgan fingerprint density at radius 2 is 1.68 bits per heavy atom. The van der Waals surface area contributed by atoms with Gasteiger partial charge in [-0.2, -0.15) is 4.98 Å². The fraction of sp³-hybridized carbons (Fsp3) is 0.310. The summed E-state index contributed by atoms with van der Waals surface area (Å²) in [5.74, 6) is 1.76. The second-order valence-corrected chi connectivity index (χ2v) is 8.59. The van der Waals surface area contributed by atoms with E-state index in [1.165, 1.54) is 0 Å². The third-order valence-corrected chi connectivity index (χ3v) is 6.04. The summed E-state index contributed by atoms with van der Waals surface area (Å²) in [4.78, 5) is 18.1. The zero-order valence-electron chi connectivity index (χ0n) is 21.8. The number of benzene rings is 3. The number of hydrogen-bond acceptors (Lipinski definition) is 8. The number of methoxy groups -OCH3 is 2. The highest BCUT2D eigenvalue weighted by molar-refractivity contribution is 5.76. The molecule has 0 aliphatic carbocycles. The van der Waals surface area contributed by atoms with Gasteiger partial charge in [-0.3, -0.25) is 0 Å². The molecule has 1 N–H and O–H groups in total. The minimum atomic E-state index is -0.978. The molecule has 0 saturated heterocycles. The number of aliphatic carboxylic acids is 1. The molecule has 0 aliphatic rings. The van der Waals surface area contributed by atoms with E-state index in [0.29, 0.717) is 61.2 Å². The van der Waals surface area contributed by atoms with Crippen molar-refractivity contribution in [1.29, 1.82) is 0 Å². The number of rotatable bonds is 14. The van der Waals surface area contributed by atoms with Crippen LogP contribution in [0.2, 0.25) is 0 Å². The highest BCUT2D eigenvalue weighted by Crippen LogP contribution is 2.26. The summed E-state index contributed by atoms with van der Waals surface area (Å²) in [5, 5.41) is 9.31. The van der Waals surface area contributed by atoms with Crippen LogP contribution in [-0.4, -0.2) is 56.1 Å². The third-order valence-electron chi connectivity index (χ3n) is 6.04. The molecule has 0 amide bonds. The van der Waals surface area contributed by atoms with Gasteiger partial charge in [0, 0.05) is 12.6 Å². The fourth-order valence-electron chi connectivity index (χ4n) is 3.92. The second-order valence-electron chi connectivity index (χ2n) is 8.59. The molecule has 1 unspecified atom stereocenters. The average molecular weight is 521 g/mol. The van der Waals surface area contributed by atoms with Gasteiger partial charge in [0.2, 0.25) is 0 Å². The van der Waals surface area contributed by atoms with Crippen molar-refractivity contribution in [2.75, 3.05) is 38.8 Å². The van der Waals surface area contributed by atoms with Gasteiger partial charge in [0.05, 0.1) is 20.8 Å². The van der Waals surface area contributed by atoms with Crippen LogP contribution in [0.4, 0.5) is 6.01 Å². The van der Waals surface area contributed by atoms with E-state index in [1.807, 2.05) is 65.6 Å². The molecule has 3 aromatic carbocycles. The number of carboxylic acid groups (broad SMARTS) is 1. The van der Waals surface area contributed by atoms with E-state index in [1.54, 1.807) is 27.2 Å². The number of anilines is 1. The fourth-order valence-corrected chi connectivity index (χ4v) is 3.92. The summed E-state index contributed by atoms with van der Waals surface area (Å²) in [5.41, 5.74) is 2.37. The molecule has 9 heteroatoms. The normalized spacial score (nSPS) is 11.7. The third kappa shape index (κ3) is 6.88. The highest BCUT2D eigenvalue weighted by atomic mass is 16.5. The molecular formula is C29H32N2O7. The molecule has 0 bridgehead atoms. The molecular weight excluding hydrogens is 488 g/mol. The van der Waals surface area contributed by atoms with E-state index in [-0.39, 0.29) is 0 Å². The maximum atomic E-state index is 11.4. The van der Waals surface area contributed by atoms with E-state index in [9.17, 15) is 9.90 Å². The number of carboxylic acids is 1. The monoisotopic (exact) mass is 520 g/mol. The van der Waals surface area contributed by atoms with Crippen molar-refractivity contribution in [2.24, 2.45) is 0 Å². The Morgan fingerprint density at radius 3 is 2.39 bits per heavy atom. The Balaban J connectivity index is 1.48. The molecule has 0 aliphatic heterocycles. The standard InChI is InChI=1S/C29H32N2O7/c1-4-26(28(32)33)37-24-7-5-6-20(18-24)14-15-31(16-17-36-22-10-8-21(34-2)9-11-22)29-30-25-19-23(35-3)12-13-27(25)38-29/h5-13,18-19,26H,4,14-17H2,1-3H3,(H,32,33). The van der Waals surface area contributed by atoms with Crippen LogP contribution < -0.4 is 23.8 Å². The molecule has 1 atom stereocenters. The van der Waals surface area contributed by atoms with Crippen LogP contribution in [-0.2, 0) is 11.2 Å². The first-order chi connectivity index (χ1) is 18.5. The molecule has 0 radical (unpaired) electrons. The summed E-state index contributed by atoms with van der Waals surface area (Å²) in [6.07, 6.45) is 0.156. The first-order valence-corrected chi connectivity index (χ1v) is 12.4. The van der Waals surface area contributed by atoms with Gasteiger partial charge in [-0.25, -0.2) is 4.79 Å². The van der Waals surface area contributed by atoms with Crippen LogP contribution in [0.1, 0.15) is 18.9 Å². The van der Waals surface area contributed by atoms with Crippen molar-refractivity contribution in [3.8, 4) is 23.0 Å². The van der Waals surface area contributed by atoms with Gasteiger partial charge in [0.25, 0.3) is 6.01 Å². The van der Waals surface area contributed by atoms with Gasteiger partial charge < -0.3 is 33.4 Å². The van der Waals surface area contributed by atoms with E-state index in [4.69, 9.17) is 23.4 Å². The van der Waals surface area contributed by atoms with Gasteiger partial charge in [-0.15, -0.1) is 0 Å². The highest BCUT2D eigenvalue weighted by Gasteiger charge is 2.18. The topological polar surface area (TPSA) is 103 Å². The molecule has 9 nitrogen and oxygen atoms in total. The average Bonchev–Trinajstić information content (AvgIpc) is 3.37. The van der Waals surface area contributed by atoms with Crippen LogP contribution in [0.15, 0.2) is 71.1 Å². The zero-order valence-corrected chi connectivity index (χ0v) is 21.8. The summed E-state index contributed by atoms with van der Waals surface area (Å²) >= 11 is 0. The molecule has 0 saturated carbocycles. The molecule has 200 valence electrons. The van der Waals surface area contributed by atoms with Crippen LogP contribution in [0.25, 0.3) is 11.1 Å². The number of fused-ring (bicyclic) bond motifs is 1. The SMILES string of the molecule is CCC(Oc1cccc(CCN(CCOc2ccc(OC)cc2)c2nc3cc(OC)ccc3o2)c1)C(=O)O. The summed E-state index contributed by atoms with van der Waals surface area (Å²) in [6, 6.07) is 20.9.